The highest BCUT2D eigenvalue weighted by Crippen LogP contribution is 2.32. The Bertz CT molecular complexity index is 710. The Kier molecular flexibility index (Phi) is 3.57. The lowest BCUT2D eigenvalue weighted by Gasteiger charge is -2.29. The summed E-state index contributed by atoms with van der Waals surface area (Å²) in [7, 11) is -3.39. The molecule has 0 amide bonds. The van der Waals surface area contributed by atoms with Gasteiger partial charge in [-0.25, -0.2) is 8.42 Å². The van der Waals surface area contributed by atoms with Crippen molar-refractivity contribution in [3.05, 3.63) is 65.7 Å². The third kappa shape index (κ3) is 2.36. The fraction of sp³-hybridized carbons (Fsp3) is 0.250. The number of hydrogen-bond donors (Lipinski definition) is 0. The molecule has 0 saturated heterocycles. The van der Waals surface area contributed by atoms with Crippen LogP contribution in [0.25, 0.3) is 0 Å². The number of sulfone groups is 1. The fourth-order valence-electron chi connectivity index (χ4n) is 2.73. The molecule has 0 saturated carbocycles. The Balaban J connectivity index is 2.00. The molecule has 3 rings (SSSR count). The van der Waals surface area contributed by atoms with E-state index in [2.05, 4.69) is 0 Å². The number of halogens is 1. The smallest absolute Gasteiger partial charge is 0.183 e. The second-order valence-electron chi connectivity index (χ2n) is 5.09. The first-order valence-electron chi connectivity index (χ1n) is 6.59. The Morgan fingerprint density at radius 2 is 1.40 bits per heavy atom. The van der Waals surface area contributed by atoms with Gasteiger partial charge in [0.05, 0.1) is 15.5 Å². The van der Waals surface area contributed by atoms with E-state index < -0.39 is 15.1 Å². The molecule has 2 aromatic rings. The van der Waals surface area contributed by atoms with Gasteiger partial charge >= 0.3 is 0 Å². The van der Waals surface area contributed by atoms with Crippen molar-refractivity contribution in [1.82, 2.24) is 0 Å². The van der Waals surface area contributed by atoms with E-state index in [0.717, 1.165) is 11.1 Å². The van der Waals surface area contributed by atoms with Crippen LogP contribution in [-0.2, 0) is 22.7 Å². The van der Waals surface area contributed by atoms with Crippen molar-refractivity contribution < 1.29 is 8.42 Å². The molecule has 2 atom stereocenters. The second-order valence-corrected chi connectivity index (χ2v) is 7.82. The SMILES string of the molecule is O=S(=O)(c1ccccc1)C1Cc2ccccc2CC1Cl. The Labute approximate surface area is 124 Å². The first-order chi connectivity index (χ1) is 9.59. The summed E-state index contributed by atoms with van der Waals surface area (Å²) in [5.41, 5.74) is 2.25. The zero-order valence-electron chi connectivity index (χ0n) is 10.9. The van der Waals surface area contributed by atoms with Gasteiger partial charge in [0, 0.05) is 0 Å². The molecule has 2 aromatic carbocycles. The van der Waals surface area contributed by atoms with E-state index in [4.69, 9.17) is 11.6 Å². The van der Waals surface area contributed by atoms with E-state index >= 15 is 0 Å². The van der Waals surface area contributed by atoms with Crippen LogP contribution >= 0.6 is 11.6 Å². The van der Waals surface area contributed by atoms with Crippen LogP contribution in [0.15, 0.2) is 59.5 Å². The van der Waals surface area contributed by atoms with Gasteiger partial charge in [-0.3, -0.25) is 0 Å². The van der Waals surface area contributed by atoms with Crippen molar-refractivity contribution in [3.8, 4) is 0 Å². The van der Waals surface area contributed by atoms with Crippen molar-refractivity contribution in [3.63, 3.8) is 0 Å². The minimum Gasteiger partial charge on any atom is -0.223 e. The standard InChI is InChI=1S/C16H15ClO2S/c17-15-10-12-6-4-5-7-13(12)11-16(15)20(18,19)14-8-2-1-3-9-14/h1-9,15-16H,10-11H2. The van der Waals surface area contributed by atoms with Gasteiger partial charge in [0.1, 0.15) is 0 Å². The van der Waals surface area contributed by atoms with Crippen LogP contribution in [0.4, 0.5) is 0 Å². The third-order valence-corrected chi connectivity index (χ3v) is 6.66. The summed E-state index contributed by atoms with van der Waals surface area (Å²) in [6.07, 6.45) is 1.09. The molecule has 0 heterocycles. The number of alkyl halides is 1. The molecular formula is C16H15ClO2S. The van der Waals surface area contributed by atoms with E-state index in [0.29, 0.717) is 17.7 Å². The van der Waals surface area contributed by atoms with Crippen molar-refractivity contribution in [2.75, 3.05) is 0 Å². The second kappa shape index (κ2) is 5.23. The number of benzene rings is 2. The molecule has 20 heavy (non-hydrogen) atoms. The number of rotatable bonds is 2. The van der Waals surface area contributed by atoms with Gasteiger partial charge in [-0.1, -0.05) is 42.5 Å². The van der Waals surface area contributed by atoms with E-state index in [1.54, 1.807) is 24.3 Å². The van der Waals surface area contributed by atoms with Crippen LogP contribution in [-0.4, -0.2) is 19.0 Å². The van der Waals surface area contributed by atoms with Crippen molar-refractivity contribution in [2.45, 2.75) is 28.4 Å². The van der Waals surface area contributed by atoms with Gasteiger partial charge in [0.2, 0.25) is 0 Å². The van der Waals surface area contributed by atoms with Crippen LogP contribution in [0.1, 0.15) is 11.1 Å². The lowest BCUT2D eigenvalue weighted by atomic mass is 9.91. The van der Waals surface area contributed by atoms with Crippen LogP contribution in [0, 0.1) is 0 Å². The molecular weight excluding hydrogens is 292 g/mol. The summed E-state index contributed by atoms with van der Waals surface area (Å²) in [5.74, 6) is 0. The van der Waals surface area contributed by atoms with Gasteiger partial charge in [-0.05, 0) is 36.1 Å². The Morgan fingerprint density at radius 1 is 0.850 bits per heavy atom. The van der Waals surface area contributed by atoms with Gasteiger partial charge < -0.3 is 0 Å². The van der Waals surface area contributed by atoms with Crippen LogP contribution < -0.4 is 0 Å². The lowest BCUT2D eigenvalue weighted by Crippen LogP contribution is -2.37. The summed E-state index contributed by atoms with van der Waals surface area (Å²) in [6, 6.07) is 16.5. The van der Waals surface area contributed by atoms with Crippen molar-refractivity contribution >= 4 is 21.4 Å². The van der Waals surface area contributed by atoms with Crippen molar-refractivity contribution in [2.24, 2.45) is 0 Å². The highest BCUT2D eigenvalue weighted by atomic mass is 35.5. The van der Waals surface area contributed by atoms with Crippen LogP contribution in [0.3, 0.4) is 0 Å². The molecule has 1 aliphatic carbocycles. The zero-order valence-corrected chi connectivity index (χ0v) is 12.4. The maximum Gasteiger partial charge on any atom is 0.183 e. The zero-order chi connectivity index (χ0) is 14.2. The summed E-state index contributed by atoms with van der Waals surface area (Å²) < 4.78 is 25.4. The predicted octanol–water partition coefficient (Wildman–Crippen LogP) is 3.24. The van der Waals surface area contributed by atoms with Crippen LogP contribution in [0.2, 0.25) is 0 Å². The van der Waals surface area contributed by atoms with E-state index in [9.17, 15) is 8.42 Å². The Hall–Kier alpha value is -1.32. The number of fused-ring (bicyclic) bond motifs is 1. The van der Waals surface area contributed by atoms with Gasteiger partial charge in [-0.2, -0.15) is 0 Å². The maximum absolute atomic E-state index is 12.7. The molecule has 0 fully saturated rings. The predicted molar refractivity (Wildman–Crippen MR) is 80.9 cm³/mol. The topological polar surface area (TPSA) is 34.1 Å². The van der Waals surface area contributed by atoms with E-state index in [1.165, 1.54) is 0 Å². The van der Waals surface area contributed by atoms with E-state index in [-0.39, 0.29) is 5.38 Å². The molecule has 0 aliphatic heterocycles. The minimum absolute atomic E-state index is 0.357. The monoisotopic (exact) mass is 306 g/mol. The quantitative estimate of drug-likeness (QED) is 0.798. The molecule has 0 bridgehead atoms. The average Bonchev–Trinajstić information content (AvgIpc) is 2.47. The minimum atomic E-state index is -3.39. The lowest BCUT2D eigenvalue weighted by molar-refractivity contribution is 0.564. The highest BCUT2D eigenvalue weighted by Gasteiger charge is 2.37. The largest absolute Gasteiger partial charge is 0.223 e. The molecule has 0 N–H and O–H groups in total. The molecule has 2 unspecified atom stereocenters. The maximum atomic E-state index is 12.7. The normalized spacial score (nSPS) is 22.2. The number of hydrogen-bond acceptors (Lipinski definition) is 2. The summed E-state index contributed by atoms with van der Waals surface area (Å²) in [6.45, 7) is 0. The van der Waals surface area contributed by atoms with Crippen LogP contribution in [0.5, 0.6) is 0 Å². The molecule has 0 radical (unpaired) electrons. The van der Waals surface area contributed by atoms with Gasteiger partial charge in [0.15, 0.2) is 9.84 Å². The first-order valence-corrected chi connectivity index (χ1v) is 8.57. The van der Waals surface area contributed by atoms with Gasteiger partial charge in [-0.15, -0.1) is 11.6 Å². The molecule has 104 valence electrons. The Morgan fingerprint density at radius 3 is 2.05 bits per heavy atom. The fourth-order valence-corrected chi connectivity index (χ4v) is 5.16. The van der Waals surface area contributed by atoms with Crippen molar-refractivity contribution in [1.29, 1.82) is 0 Å². The molecule has 0 aromatic heterocycles. The molecule has 1 aliphatic rings. The van der Waals surface area contributed by atoms with E-state index in [1.807, 2.05) is 30.3 Å². The summed E-state index contributed by atoms with van der Waals surface area (Å²) >= 11 is 6.37. The average molecular weight is 307 g/mol. The third-order valence-electron chi connectivity index (χ3n) is 3.83. The molecule has 0 spiro atoms. The van der Waals surface area contributed by atoms with Gasteiger partial charge in [0.25, 0.3) is 0 Å². The summed E-state index contributed by atoms with van der Waals surface area (Å²) in [5, 5.41) is -0.934. The summed E-state index contributed by atoms with van der Waals surface area (Å²) in [4.78, 5) is 0.357. The molecule has 2 nitrogen and oxygen atoms in total. The molecule has 4 heteroatoms. The first kappa shape index (κ1) is 13.7. The highest BCUT2D eigenvalue weighted by molar-refractivity contribution is 7.92.